The molecule has 24 heavy (non-hydrogen) atoms. The molecule has 2 rings (SSSR count). The average Bonchev–Trinajstić information content (AvgIpc) is 2.87. The van der Waals surface area contributed by atoms with Gasteiger partial charge in [0, 0.05) is 31.7 Å². The van der Waals surface area contributed by atoms with Crippen molar-refractivity contribution in [2.24, 2.45) is 17.8 Å². The number of benzene rings is 1. The smallest absolute Gasteiger partial charge is 0.228 e. The number of anilines is 1. The molecule has 1 aliphatic heterocycles. The van der Waals surface area contributed by atoms with E-state index in [-0.39, 0.29) is 17.7 Å². The van der Waals surface area contributed by atoms with Crippen LogP contribution in [0.15, 0.2) is 24.3 Å². The van der Waals surface area contributed by atoms with E-state index in [0.29, 0.717) is 24.8 Å². The highest BCUT2D eigenvalue weighted by atomic mass is 16.2. The van der Waals surface area contributed by atoms with Crippen molar-refractivity contribution in [3.63, 3.8) is 0 Å². The van der Waals surface area contributed by atoms with Gasteiger partial charge >= 0.3 is 0 Å². The van der Waals surface area contributed by atoms with Gasteiger partial charge in [0.1, 0.15) is 0 Å². The minimum atomic E-state index is -0.227. The standard InChI is InChI=1S/C20H30N2O2/c1-14(2)11-21(12-15(3)4)20(24)17-10-19(23)22(13-17)18-9-7-6-8-16(18)5/h6-9,14-15,17H,10-13H2,1-5H3. The first kappa shape index (κ1) is 18.5. The van der Waals surface area contributed by atoms with Crippen molar-refractivity contribution in [1.82, 2.24) is 4.90 Å². The van der Waals surface area contributed by atoms with Gasteiger partial charge in [0.05, 0.1) is 5.92 Å². The van der Waals surface area contributed by atoms with E-state index in [9.17, 15) is 9.59 Å². The van der Waals surface area contributed by atoms with Crippen LogP contribution in [0, 0.1) is 24.7 Å². The third-order valence-electron chi connectivity index (χ3n) is 4.36. The predicted molar refractivity (Wildman–Crippen MR) is 97.9 cm³/mol. The SMILES string of the molecule is Cc1ccccc1N1CC(C(=O)N(CC(C)C)CC(C)C)CC1=O. The molecule has 1 unspecified atom stereocenters. The molecule has 1 atom stereocenters. The van der Waals surface area contributed by atoms with Crippen molar-refractivity contribution in [3.05, 3.63) is 29.8 Å². The Kier molecular flexibility index (Phi) is 6.03. The van der Waals surface area contributed by atoms with Gasteiger partial charge in [-0.3, -0.25) is 9.59 Å². The van der Waals surface area contributed by atoms with E-state index in [1.807, 2.05) is 36.1 Å². The summed E-state index contributed by atoms with van der Waals surface area (Å²) in [4.78, 5) is 29.2. The van der Waals surface area contributed by atoms with E-state index in [1.165, 1.54) is 0 Å². The molecule has 0 radical (unpaired) electrons. The van der Waals surface area contributed by atoms with Crippen LogP contribution in [0.2, 0.25) is 0 Å². The van der Waals surface area contributed by atoms with Crippen LogP contribution in [-0.4, -0.2) is 36.3 Å². The Hall–Kier alpha value is -1.84. The fraction of sp³-hybridized carbons (Fsp3) is 0.600. The Morgan fingerprint density at radius 1 is 1.17 bits per heavy atom. The first-order chi connectivity index (χ1) is 11.3. The molecule has 1 aromatic carbocycles. The lowest BCUT2D eigenvalue weighted by molar-refractivity contribution is -0.136. The minimum absolute atomic E-state index is 0.0525. The lowest BCUT2D eigenvalue weighted by atomic mass is 10.0. The van der Waals surface area contributed by atoms with Crippen molar-refractivity contribution in [2.45, 2.75) is 41.0 Å². The molecule has 2 amide bonds. The summed E-state index contributed by atoms with van der Waals surface area (Å²) in [5, 5.41) is 0. The fourth-order valence-corrected chi connectivity index (χ4v) is 3.37. The Bertz CT molecular complexity index is 585. The normalized spacial score (nSPS) is 17.9. The topological polar surface area (TPSA) is 40.6 Å². The van der Waals surface area contributed by atoms with E-state index in [4.69, 9.17) is 0 Å². The molecule has 0 saturated carbocycles. The molecule has 0 aliphatic carbocycles. The number of nitrogens with zero attached hydrogens (tertiary/aromatic N) is 2. The minimum Gasteiger partial charge on any atom is -0.342 e. The van der Waals surface area contributed by atoms with E-state index in [1.54, 1.807) is 4.90 Å². The molecule has 132 valence electrons. The van der Waals surface area contributed by atoms with Gasteiger partial charge in [-0.25, -0.2) is 0 Å². The molecule has 1 aliphatic rings. The second-order valence-electron chi connectivity index (χ2n) is 7.72. The highest BCUT2D eigenvalue weighted by molar-refractivity contribution is 6.00. The van der Waals surface area contributed by atoms with Crippen molar-refractivity contribution in [3.8, 4) is 0 Å². The molecule has 0 bridgehead atoms. The van der Waals surface area contributed by atoms with Crippen molar-refractivity contribution in [2.75, 3.05) is 24.5 Å². The lowest BCUT2D eigenvalue weighted by Crippen LogP contribution is -2.41. The summed E-state index contributed by atoms with van der Waals surface area (Å²) in [7, 11) is 0. The molecule has 0 N–H and O–H groups in total. The molecular weight excluding hydrogens is 300 g/mol. The molecule has 0 spiro atoms. The maximum atomic E-state index is 13.0. The molecule has 1 heterocycles. The summed E-state index contributed by atoms with van der Waals surface area (Å²) in [5.41, 5.74) is 2.00. The monoisotopic (exact) mass is 330 g/mol. The van der Waals surface area contributed by atoms with Crippen molar-refractivity contribution in [1.29, 1.82) is 0 Å². The number of hydrogen-bond acceptors (Lipinski definition) is 2. The summed E-state index contributed by atoms with van der Waals surface area (Å²) in [6.45, 7) is 12.5. The first-order valence-electron chi connectivity index (χ1n) is 8.94. The van der Waals surface area contributed by atoms with E-state index < -0.39 is 0 Å². The number of para-hydroxylation sites is 1. The molecule has 1 saturated heterocycles. The van der Waals surface area contributed by atoms with Crippen LogP contribution >= 0.6 is 0 Å². The highest BCUT2D eigenvalue weighted by Crippen LogP contribution is 2.29. The molecule has 4 nitrogen and oxygen atoms in total. The third-order valence-corrected chi connectivity index (χ3v) is 4.36. The zero-order chi connectivity index (χ0) is 17.9. The van der Waals surface area contributed by atoms with Crippen LogP contribution in [-0.2, 0) is 9.59 Å². The average molecular weight is 330 g/mol. The second-order valence-corrected chi connectivity index (χ2v) is 7.72. The van der Waals surface area contributed by atoms with Crippen LogP contribution in [0.1, 0.15) is 39.7 Å². The van der Waals surface area contributed by atoms with E-state index >= 15 is 0 Å². The van der Waals surface area contributed by atoms with Crippen LogP contribution in [0.5, 0.6) is 0 Å². The van der Waals surface area contributed by atoms with Gasteiger partial charge in [0.25, 0.3) is 0 Å². The number of carbonyl (C=O) groups excluding carboxylic acids is 2. The zero-order valence-corrected chi connectivity index (χ0v) is 15.6. The summed E-state index contributed by atoms with van der Waals surface area (Å²) in [6.07, 6.45) is 0.319. The number of amides is 2. The Morgan fingerprint density at radius 2 is 1.75 bits per heavy atom. The number of hydrogen-bond donors (Lipinski definition) is 0. The quantitative estimate of drug-likeness (QED) is 0.801. The Morgan fingerprint density at radius 3 is 2.29 bits per heavy atom. The Labute approximate surface area is 145 Å². The van der Waals surface area contributed by atoms with Gasteiger partial charge in [-0.2, -0.15) is 0 Å². The van der Waals surface area contributed by atoms with Gasteiger partial charge in [-0.15, -0.1) is 0 Å². The van der Waals surface area contributed by atoms with Crippen LogP contribution in [0.25, 0.3) is 0 Å². The maximum Gasteiger partial charge on any atom is 0.228 e. The second kappa shape index (κ2) is 7.82. The van der Waals surface area contributed by atoms with Crippen LogP contribution in [0.3, 0.4) is 0 Å². The van der Waals surface area contributed by atoms with Gasteiger partial charge < -0.3 is 9.80 Å². The van der Waals surface area contributed by atoms with Gasteiger partial charge in [0.15, 0.2) is 0 Å². The van der Waals surface area contributed by atoms with Crippen molar-refractivity contribution < 1.29 is 9.59 Å². The lowest BCUT2D eigenvalue weighted by Gasteiger charge is -2.29. The molecule has 4 heteroatoms. The summed E-state index contributed by atoms with van der Waals surface area (Å²) in [6, 6.07) is 7.87. The summed E-state index contributed by atoms with van der Waals surface area (Å²) in [5.74, 6) is 0.808. The van der Waals surface area contributed by atoms with Crippen LogP contribution in [0.4, 0.5) is 5.69 Å². The van der Waals surface area contributed by atoms with Crippen molar-refractivity contribution >= 4 is 17.5 Å². The highest BCUT2D eigenvalue weighted by Gasteiger charge is 2.37. The zero-order valence-electron chi connectivity index (χ0n) is 15.6. The van der Waals surface area contributed by atoms with Gasteiger partial charge in [-0.1, -0.05) is 45.9 Å². The number of aryl methyl sites for hydroxylation is 1. The van der Waals surface area contributed by atoms with Crippen LogP contribution < -0.4 is 4.90 Å². The largest absolute Gasteiger partial charge is 0.342 e. The number of carbonyl (C=O) groups is 2. The van der Waals surface area contributed by atoms with E-state index in [2.05, 4.69) is 27.7 Å². The number of rotatable bonds is 6. The molecule has 1 fully saturated rings. The van der Waals surface area contributed by atoms with Gasteiger partial charge in [0.2, 0.25) is 11.8 Å². The molecular formula is C20H30N2O2. The third kappa shape index (κ3) is 4.37. The summed E-state index contributed by atoms with van der Waals surface area (Å²) >= 11 is 0. The molecule has 1 aromatic rings. The maximum absolute atomic E-state index is 13.0. The van der Waals surface area contributed by atoms with E-state index in [0.717, 1.165) is 24.3 Å². The summed E-state index contributed by atoms with van der Waals surface area (Å²) < 4.78 is 0. The Balaban J connectivity index is 2.13. The molecule has 0 aromatic heterocycles. The van der Waals surface area contributed by atoms with Gasteiger partial charge in [-0.05, 0) is 30.4 Å². The first-order valence-corrected chi connectivity index (χ1v) is 8.94. The predicted octanol–water partition coefficient (Wildman–Crippen LogP) is 3.49. The fourth-order valence-electron chi connectivity index (χ4n) is 3.37.